The van der Waals surface area contributed by atoms with Crippen molar-refractivity contribution in [2.45, 2.75) is 19.1 Å². The van der Waals surface area contributed by atoms with E-state index >= 15 is 0 Å². The summed E-state index contributed by atoms with van der Waals surface area (Å²) in [6, 6.07) is 4.72. The second-order valence-corrected chi connectivity index (χ2v) is 3.63. The molecule has 0 saturated carbocycles. The number of nitrogens with two attached hydrogens (primary N) is 1. The molecule has 4 heteroatoms. The van der Waals surface area contributed by atoms with E-state index in [0.29, 0.717) is 16.3 Å². The molecule has 3 nitrogen and oxygen atoms in total. The third-order valence-electron chi connectivity index (χ3n) is 2.01. The van der Waals surface area contributed by atoms with Gasteiger partial charge in [-0.05, 0) is 25.1 Å². The lowest BCUT2D eigenvalue weighted by molar-refractivity contribution is 0.149. The molecule has 0 radical (unpaired) electrons. The number of aliphatic hydroxyl groups excluding tert-OH is 1. The number of hydrogen-bond donors (Lipinski definition) is 2. The lowest BCUT2D eigenvalue weighted by atomic mass is 10.0. The number of ether oxygens (including phenoxy) is 1. The van der Waals surface area contributed by atoms with Gasteiger partial charge in [0.15, 0.2) is 0 Å². The van der Waals surface area contributed by atoms with Gasteiger partial charge in [0.1, 0.15) is 5.75 Å². The van der Waals surface area contributed by atoms with Crippen molar-refractivity contribution >= 4 is 11.6 Å². The number of halogens is 1. The largest absolute Gasteiger partial charge is 0.496 e. The molecule has 78 valence electrons. The normalized spacial score (nSPS) is 14.9. The number of methoxy groups -OCH3 is 1. The lowest BCUT2D eigenvalue weighted by Gasteiger charge is -2.17. The van der Waals surface area contributed by atoms with E-state index in [1.54, 1.807) is 32.2 Å². The zero-order chi connectivity index (χ0) is 10.7. The molecule has 0 bridgehead atoms. The van der Waals surface area contributed by atoms with Gasteiger partial charge in [0.2, 0.25) is 0 Å². The first-order valence-electron chi connectivity index (χ1n) is 4.33. The Labute approximate surface area is 88.4 Å². The molecule has 1 aromatic carbocycles. The monoisotopic (exact) mass is 215 g/mol. The molecule has 0 spiro atoms. The predicted molar refractivity (Wildman–Crippen MR) is 56.6 cm³/mol. The van der Waals surface area contributed by atoms with E-state index in [0.717, 1.165) is 0 Å². The molecule has 0 aromatic heterocycles. The molecule has 0 aliphatic carbocycles. The maximum atomic E-state index is 9.77. The Bertz CT molecular complexity index is 315. The fourth-order valence-electron chi connectivity index (χ4n) is 1.22. The molecule has 14 heavy (non-hydrogen) atoms. The molecule has 0 aliphatic heterocycles. The second-order valence-electron chi connectivity index (χ2n) is 3.19. The van der Waals surface area contributed by atoms with Crippen molar-refractivity contribution in [3.63, 3.8) is 0 Å². The van der Waals surface area contributed by atoms with Crippen molar-refractivity contribution in [1.29, 1.82) is 0 Å². The summed E-state index contributed by atoms with van der Waals surface area (Å²) in [6.07, 6.45) is -0.761. The summed E-state index contributed by atoms with van der Waals surface area (Å²) in [5.74, 6) is 0.596. The van der Waals surface area contributed by atoms with Gasteiger partial charge in [-0.25, -0.2) is 0 Å². The van der Waals surface area contributed by atoms with Crippen LogP contribution in [0.5, 0.6) is 5.75 Å². The van der Waals surface area contributed by atoms with Crippen LogP contribution in [-0.4, -0.2) is 18.3 Å². The molecular weight excluding hydrogens is 202 g/mol. The minimum Gasteiger partial charge on any atom is -0.496 e. The van der Waals surface area contributed by atoms with Gasteiger partial charge in [-0.1, -0.05) is 11.6 Å². The highest BCUT2D eigenvalue weighted by Gasteiger charge is 2.17. The summed E-state index contributed by atoms with van der Waals surface area (Å²) in [6.45, 7) is 1.73. The van der Waals surface area contributed by atoms with Crippen molar-refractivity contribution in [3.8, 4) is 5.75 Å². The first-order valence-corrected chi connectivity index (χ1v) is 4.71. The predicted octanol–water partition coefficient (Wildman–Crippen LogP) is 1.73. The van der Waals surface area contributed by atoms with E-state index in [1.165, 1.54) is 0 Å². The zero-order valence-electron chi connectivity index (χ0n) is 8.20. The summed E-state index contributed by atoms with van der Waals surface area (Å²) < 4.78 is 5.10. The quantitative estimate of drug-likeness (QED) is 0.808. The topological polar surface area (TPSA) is 55.5 Å². The van der Waals surface area contributed by atoms with Crippen LogP contribution in [0.15, 0.2) is 18.2 Å². The third-order valence-corrected chi connectivity index (χ3v) is 2.24. The van der Waals surface area contributed by atoms with Crippen LogP contribution in [0.1, 0.15) is 18.6 Å². The van der Waals surface area contributed by atoms with E-state index in [9.17, 15) is 5.11 Å². The Hall–Kier alpha value is -0.770. The van der Waals surface area contributed by atoms with Gasteiger partial charge < -0.3 is 15.6 Å². The molecular formula is C10H14ClNO2. The maximum absolute atomic E-state index is 9.77. The van der Waals surface area contributed by atoms with Crippen molar-refractivity contribution < 1.29 is 9.84 Å². The Morgan fingerprint density at radius 2 is 2.14 bits per heavy atom. The summed E-state index contributed by atoms with van der Waals surface area (Å²) in [5.41, 5.74) is 6.21. The summed E-state index contributed by atoms with van der Waals surface area (Å²) in [4.78, 5) is 0. The lowest BCUT2D eigenvalue weighted by Crippen LogP contribution is -2.24. The average Bonchev–Trinajstić information content (AvgIpc) is 2.16. The van der Waals surface area contributed by atoms with E-state index in [4.69, 9.17) is 22.1 Å². The second kappa shape index (κ2) is 4.64. The van der Waals surface area contributed by atoms with Crippen LogP contribution >= 0.6 is 11.6 Å². The molecule has 0 unspecified atom stereocenters. The highest BCUT2D eigenvalue weighted by molar-refractivity contribution is 6.30. The standard InChI is InChI=1S/C10H14ClNO2/c1-6(12)10(13)8-5-7(11)3-4-9(8)14-2/h3-6,10,13H,12H2,1-2H3/t6-,10-/m0/s1. The summed E-state index contributed by atoms with van der Waals surface area (Å²) in [7, 11) is 1.54. The highest BCUT2D eigenvalue weighted by Crippen LogP contribution is 2.29. The Kier molecular flexibility index (Phi) is 3.75. The van der Waals surface area contributed by atoms with Crippen molar-refractivity contribution in [2.24, 2.45) is 5.73 Å². The maximum Gasteiger partial charge on any atom is 0.124 e. The van der Waals surface area contributed by atoms with Gasteiger partial charge in [-0.15, -0.1) is 0 Å². The van der Waals surface area contributed by atoms with Crippen LogP contribution in [0.25, 0.3) is 0 Å². The van der Waals surface area contributed by atoms with Gasteiger partial charge in [-0.2, -0.15) is 0 Å². The first kappa shape index (κ1) is 11.3. The van der Waals surface area contributed by atoms with Crippen molar-refractivity contribution in [3.05, 3.63) is 28.8 Å². The van der Waals surface area contributed by atoms with Crippen LogP contribution in [0.3, 0.4) is 0 Å². The van der Waals surface area contributed by atoms with Gasteiger partial charge >= 0.3 is 0 Å². The number of benzene rings is 1. The third kappa shape index (κ3) is 2.38. The fourth-order valence-corrected chi connectivity index (χ4v) is 1.40. The Balaban J connectivity index is 3.10. The Morgan fingerprint density at radius 3 is 2.64 bits per heavy atom. The molecule has 0 fully saturated rings. The van der Waals surface area contributed by atoms with Crippen LogP contribution < -0.4 is 10.5 Å². The van der Waals surface area contributed by atoms with Crippen molar-refractivity contribution in [1.82, 2.24) is 0 Å². The molecule has 2 atom stereocenters. The zero-order valence-corrected chi connectivity index (χ0v) is 8.95. The Morgan fingerprint density at radius 1 is 1.50 bits per heavy atom. The molecule has 0 amide bonds. The SMILES string of the molecule is COc1ccc(Cl)cc1[C@@H](O)[C@H](C)N. The molecule has 1 rings (SSSR count). The van der Waals surface area contributed by atoms with Crippen molar-refractivity contribution in [2.75, 3.05) is 7.11 Å². The molecule has 0 aliphatic rings. The van der Waals surface area contributed by atoms with Crippen LogP contribution in [-0.2, 0) is 0 Å². The van der Waals surface area contributed by atoms with Gasteiger partial charge in [0.05, 0.1) is 13.2 Å². The van der Waals surface area contributed by atoms with E-state index < -0.39 is 6.10 Å². The summed E-state index contributed by atoms with van der Waals surface area (Å²) in [5, 5.41) is 10.3. The minimum atomic E-state index is -0.761. The molecule has 0 heterocycles. The number of hydrogen-bond acceptors (Lipinski definition) is 3. The smallest absolute Gasteiger partial charge is 0.124 e. The van der Waals surface area contributed by atoms with Crippen LogP contribution in [0.2, 0.25) is 5.02 Å². The molecule has 1 aromatic rings. The van der Waals surface area contributed by atoms with Crippen LogP contribution in [0.4, 0.5) is 0 Å². The van der Waals surface area contributed by atoms with Crippen LogP contribution in [0, 0.1) is 0 Å². The van der Waals surface area contributed by atoms with Gasteiger partial charge in [-0.3, -0.25) is 0 Å². The number of rotatable bonds is 3. The minimum absolute atomic E-state index is 0.359. The first-order chi connectivity index (χ1) is 6.56. The molecule has 0 saturated heterocycles. The average molecular weight is 216 g/mol. The van der Waals surface area contributed by atoms with E-state index in [2.05, 4.69) is 0 Å². The summed E-state index contributed by atoms with van der Waals surface area (Å²) >= 11 is 5.82. The van der Waals surface area contributed by atoms with E-state index in [1.807, 2.05) is 0 Å². The highest BCUT2D eigenvalue weighted by atomic mass is 35.5. The molecule has 3 N–H and O–H groups in total. The number of aliphatic hydroxyl groups is 1. The fraction of sp³-hybridized carbons (Fsp3) is 0.400. The van der Waals surface area contributed by atoms with Gasteiger partial charge in [0, 0.05) is 16.6 Å². The van der Waals surface area contributed by atoms with E-state index in [-0.39, 0.29) is 6.04 Å². The van der Waals surface area contributed by atoms with Gasteiger partial charge in [0.25, 0.3) is 0 Å².